The van der Waals surface area contributed by atoms with Crippen molar-refractivity contribution in [3.8, 4) is 5.75 Å². The lowest BCUT2D eigenvalue weighted by atomic mass is 10.0. The monoisotopic (exact) mass is 1060 g/mol. The number of aromatic nitrogens is 1. The molecule has 75 heavy (non-hydrogen) atoms. The molecule has 24 heteroatoms. The van der Waals surface area contributed by atoms with Gasteiger partial charge in [-0.25, -0.2) is 0 Å². The molecule has 11 N–H and O–H groups in total. The van der Waals surface area contributed by atoms with Crippen LogP contribution in [0, 0.1) is 0 Å². The maximum atomic E-state index is 14.3. The van der Waals surface area contributed by atoms with Crippen LogP contribution in [0.5, 0.6) is 5.75 Å². The number of amides is 7. The van der Waals surface area contributed by atoms with Gasteiger partial charge < -0.3 is 46.2 Å². The van der Waals surface area contributed by atoms with Crippen molar-refractivity contribution in [2.75, 3.05) is 13.6 Å². The molecule has 6 atom stereocenters. The lowest BCUT2D eigenvalue weighted by Crippen LogP contribution is -2.59. The number of hydrogen-bond acceptors (Lipinski definition) is 14. The highest BCUT2D eigenvalue weighted by Gasteiger charge is 2.34. The Morgan fingerprint density at radius 1 is 0.627 bits per heavy atom. The van der Waals surface area contributed by atoms with Gasteiger partial charge >= 0.3 is 16.4 Å². The number of ketones is 1. The van der Waals surface area contributed by atoms with Gasteiger partial charge in [-0.1, -0.05) is 107 Å². The van der Waals surface area contributed by atoms with E-state index in [0.29, 0.717) is 53.3 Å². The average molecular weight is 1060 g/mol. The van der Waals surface area contributed by atoms with Gasteiger partial charge in [0.2, 0.25) is 41.2 Å². The maximum Gasteiger partial charge on any atom is 0.446 e. The van der Waals surface area contributed by atoms with Crippen molar-refractivity contribution in [2.45, 2.75) is 128 Å². The molecular weight excluding hydrogens is 995 g/mol. The fourth-order valence-corrected chi connectivity index (χ4v) is 8.17. The molecule has 0 aliphatic carbocycles. The van der Waals surface area contributed by atoms with E-state index in [2.05, 4.69) is 51.7 Å². The number of H-pyrrole nitrogens is 1. The topological polar surface area (TPSA) is 349 Å². The van der Waals surface area contributed by atoms with Gasteiger partial charge in [0.15, 0.2) is 0 Å². The van der Waals surface area contributed by atoms with E-state index in [0.717, 1.165) is 6.42 Å². The van der Waals surface area contributed by atoms with Crippen molar-refractivity contribution in [1.82, 2.24) is 47.5 Å². The first kappa shape index (κ1) is 60.0. The van der Waals surface area contributed by atoms with Gasteiger partial charge in [-0.15, -0.1) is 0 Å². The van der Waals surface area contributed by atoms with Crippen molar-refractivity contribution < 1.29 is 65.4 Å². The van der Waals surface area contributed by atoms with Gasteiger partial charge in [0.1, 0.15) is 29.9 Å². The van der Waals surface area contributed by atoms with Crippen LogP contribution < -0.4 is 46.7 Å². The molecule has 1 aromatic heterocycles. The summed E-state index contributed by atoms with van der Waals surface area (Å²) in [7, 11) is -3.24. The number of unbranched alkanes of at least 4 members (excludes halogenated alkanes) is 2. The second-order valence-corrected chi connectivity index (χ2v) is 18.7. The molecule has 0 bridgehead atoms. The number of nitrogens with one attached hydrogen (secondary N) is 9. The fraction of sp³-hybridized carbons (Fsp3) is 0.431. The van der Waals surface area contributed by atoms with E-state index in [9.17, 15) is 56.7 Å². The number of carboxylic acids is 1. The quantitative estimate of drug-likeness (QED) is 0.0187. The number of carbonyl (C=O) groups is 9. The van der Waals surface area contributed by atoms with Crippen molar-refractivity contribution in [2.24, 2.45) is 0 Å². The lowest BCUT2D eigenvalue weighted by molar-refractivity contribution is -0.141. The summed E-state index contributed by atoms with van der Waals surface area (Å²) in [5.41, 5.74) is 2.24. The normalized spacial score (nSPS) is 13.7. The minimum Gasteiger partial charge on any atom is -0.481 e. The molecule has 6 unspecified atom stereocenters. The Labute approximate surface area is 434 Å². The highest BCUT2D eigenvalue weighted by atomic mass is 32.3. The summed E-state index contributed by atoms with van der Waals surface area (Å²) < 4.78 is 35.7. The number of Topliss-reactive ketones (excluding diaryl/α,β-unsaturated/α-hetero) is 1. The van der Waals surface area contributed by atoms with Crippen LogP contribution >= 0.6 is 0 Å². The number of aromatic amines is 1. The summed E-state index contributed by atoms with van der Waals surface area (Å²) in [5.74, 6) is -8.78. The molecule has 0 fully saturated rings. The third-order valence-corrected chi connectivity index (χ3v) is 12.3. The summed E-state index contributed by atoms with van der Waals surface area (Å²) in [6.07, 6.45) is 2.76. The number of imide groups is 1. The van der Waals surface area contributed by atoms with Crippen LogP contribution in [0.2, 0.25) is 0 Å². The third-order valence-electron chi connectivity index (χ3n) is 11.9. The number of hydrogen-bond donors (Lipinski definition) is 11. The maximum absolute atomic E-state index is 14.3. The molecule has 0 radical (unpaired) electrons. The van der Waals surface area contributed by atoms with Crippen LogP contribution in [-0.4, -0.2) is 126 Å². The first-order valence-corrected chi connectivity index (χ1v) is 26.0. The molecule has 0 aliphatic rings. The lowest BCUT2D eigenvalue weighted by Gasteiger charge is -2.25. The smallest absolute Gasteiger partial charge is 0.446 e. The van der Waals surface area contributed by atoms with Crippen LogP contribution in [-0.2, 0) is 72.8 Å². The van der Waals surface area contributed by atoms with Crippen molar-refractivity contribution in [1.29, 1.82) is 0 Å². The first-order chi connectivity index (χ1) is 35.7. The Bertz CT molecular complexity index is 2720. The van der Waals surface area contributed by atoms with E-state index >= 15 is 0 Å². The van der Waals surface area contributed by atoms with Gasteiger partial charge in [-0.2, -0.15) is 8.42 Å². The Morgan fingerprint density at radius 3 is 1.80 bits per heavy atom. The third kappa shape index (κ3) is 20.4. The highest BCUT2D eigenvalue weighted by molar-refractivity contribution is 7.81. The molecule has 7 amide bonds. The summed E-state index contributed by atoms with van der Waals surface area (Å²) in [6.45, 7) is 4.77. The predicted octanol–water partition coefficient (Wildman–Crippen LogP) is 1.41. The van der Waals surface area contributed by atoms with Gasteiger partial charge in [-0.3, -0.25) is 58.3 Å². The second-order valence-electron chi connectivity index (χ2n) is 17.7. The van der Waals surface area contributed by atoms with Crippen LogP contribution in [0.3, 0.4) is 0 Å². The van der Waals surface area contributed by atoms with E-state index in [-0.39, 0.29) is 37.9 Å². The molecule has 3 aromatic carbocycles. The minimum atomic E-state index is -4.79. The van der Waals surface area contributed by atoms with E-state index in [1.54, 1.807) is 74.8 Å². The number of rotatable bonds is 32. The first-order valence-electron chi connectivity index (χ1n) is 24.6. The zero-order chi connectivity index (χ0) is 55.1. The number of fused-ring (bicyclic) bond motifs is 1. The Morgan fingerprint density at radius 2 is 1.19 bits per heavy atom. The molecule has 0 saturated carbocycles. The Kier molecular flexibility index (Phi) is 24.0. The van der Waals surface area contributed by atoms with Gasteiger partial charge in [0, 0.05) is 42.8 Å². The number of likely N-dealkylation sites (N-methyl/N-ethyl adjacent to an activating group) is 1. The largest absolute Gasteiger partial charge is 0.481 e. The standard InChI is InChI=1S/C51H67N9O14S/c1-5-8-18-37(52-4)46(65)57-41(28-45(63)64)47(66)56-39(25-31-15-11-10-12-16-31)49(68)60-50(69)40(27-33-29-53-36-19-14-13-17-35(33)36)58-51(70)42(61)30-54-43(20-9-6-2)59-48(67)38(55-44(62)7-3)26-32-21-23-34(24-22-32)74-75(71,72)73/h10-17,19,21-24,29,37-41,43,52-54H,5-9,18,20,25-28,30H2,1-4H3,(H,55,62)(H,56,66)(H,57,65)(H,58,70)(H,59,67)(H,63,64)(H,60,68,69)(H,71,72,73). The van der Waals surface area contributed by atoms with Gasteiger partial charge in [0.25, 0.3) is 5.91 Å². The molecule has 1 heterocycles. The molecule has 0 spiro atoms. The zero-order valence-electron chi connectivity index (χ0n) is 42.2. The molecule has 4 aromatic rings. The molecule has 0 saturated heterocycles. The van der Waals surface area contributed by atoms with E-state index in [1.807, 2.05) is 13.8 Å². The number of carboxylic acid groups (broad SMARTS) is 1. The number of benzene rings is 3. The fourth-order valence-electron chi connectivity index (χ4n) is 7.81. The van der Waals surface area contributed by atoms with Crippen LogP contribution in [0.1, 0.15) is 88.8 Å². The van der Waals surface area contributed by atoms with Crippen LogP contribution in [0.4, 0.5) is 0 Å². The SMILES string of the molecule is CCCCC(NCC(=O)C(=O)NC(Cc1c[nH]c2ccccc12)C(=O)NC(=O)C(Cc1ccccc1)NC(=O)C(CC(=O)O)NC(=O)C(CCCC)NC)NC(=O)C(Cc1ccc(OS(=O)(=O)O)cc1)NC(=O)CC. The molecule has 0 aliphatic heterocycles. The number of aliphatic carboxylic acids is 1. The van der Waals surface area contributed by atoms with E-state index < -0.39 is 113 Å². The highest BCUT2D eigenvalue weighted by Crippen LogP contribution is 2.20. The van der Waals surface area contributed by atoms with E-state index in [4.69, 9.17) is 4.55 Å². The number of para-hydroxylation sites is 1. The van der Waals surface area contributed by atoms with Crippen LogP contribution in [0.25, 0.3) is 10.9 Å². The molecular formula is C51H67N9O14S. The van der Waals surface area contributed by atoms with Crippen LogP contribution in [0.15, 0.2) is 85.1 Å². The predicted molar refractivity (Wildman–Crippen MR) is 275 cm³/mol. The molecule has 406 valence electrons. The Hall–Kier alpha value is -7.54. The Balaban J connectivity index is 1.54. The summed E-state index contributed by atoms with van der Waals surface area (Å²) in [6, 6.07) is 14.2. The van der Waals surface area contributed by atoms with Gasteiger partial charge in [0.05, 0.1) is 25.2 Å². The van der Waals surface area contributed by atoms with Gasteiger partial charge in [-0.05, 0) is 54.8 Å². The van der Waals surface area contributed by atoms with Crippen molar-refractivity contribution in [3.05, 3.63) is 102 Å². The molecule has 23 nitrogen and oxygen atoms in total. The zero-order valence-corrected chi connectivity index (χ0v) is 43.1. The summed E-state index contributed by atoms with van der Waals surface area (Å²) in [4.78, 5) is 124. The van der Waals surface area contributed by atoms with Crippen molar-refractivity contribution in [3.63, 3.8) is 0 Å². The number of carbonyl (C=O) groups excluding carboxylic acids is 8. The van der Waals surface area contributed by atoms with Crippen molar-refractivity contribution >= 4 is 74.4 Å². The molecule has 4 rings (SSSR count). The average Bonchev–Trinajstić information content (AvgIpc) is 3.78. The summed E-state index contributed by atoms with van der Waals surface area (Å²) in [5, 5.41) is 31.2. The second kappa shape index (κ2) is 30.0. The summed E-state index contributed by atoms with van der Waals surface area (Å²) >= 11 is 0. The van der Waals surface area contributed by atoms with E-state index in [1.165, 1.54) is 24.3 Å². The minimum absolute atomic E-state index is 0.0390.